The molecule has 2 aliphatic heterocycles. The molecule has 0 aromatic carbocycles. The molecule has 2 fully saturated rings. The van der Waals surface area contributed by atoms with Crippen molar-refractivity contribution in [1.82, 2.24) is 10.2 Å². The molecule has 0 aromatic heterocycles. The molecule has 3 atom stereocenters. The van der Waals surface area contributed by atoms with E-state index in [-0.39, 0.29) is 5.92 Å². The first-order valence-electron chi connectivity index (χ1n) is 8.66. The summed E-state index contributed by atoms with van der Waals surface area (Å²) in [6, 6.07) is 0.392. The van der Waals surface area contributed by atoms with Gasteiger partial charge in [0.2, 0.25) is 0 Å². The lowest BCUT2D eigenvalue weighted by Gasteiger charge is -2.35. The smallest absolute Gasteiger partial charge is 0.194 e. The molecule has 2 rings (SSSR count). The van der Waals surface area contributed by atoms with Gasteiger partial charge in [-0.2, -0.15) is 0 Å². The van der Waals surface area contributed by atoms with Crippen molar-refractivity contribution >= 4 is 15.8 Å². The van der Waals surface area contributed by atoms with Crippen molar-refractivity contribution in [2.24, 2.45) is 16.8 Å². The molecule has 0 aliphatic carbocycles. The van der Waals surface area contributed by atoms with Crippen molar-refractivity contribution in [3.63, 3.8) is 0 Å². The van der Waals surface area contributed by atoms with E-state index in [1.54, 1.807) is 0 Å². The molecular weight excluding hydrogens is 298 g/mol. The summed E-state index contributed by atoms with van der Waals surface area (Å²) < 4.78 is 23.2. The molecule has 2 aliphatic rings. The molecule has 0 spiro atoms. The lowest BCUT2D eigenvalue weighted by Crippen LogP contribution is -2.49. The number of sulfone groups is 1. The third kappa shape index (κ3) is 5.14. The van der Waals surface area contributed by atoms with Gasteiger partial charge in [-0.1, -0.05) is 13.8 Å². The zero-order chi connectivity index (χ0) is 16.2. The van der Waals surface area contributed by atoms with Crippen molar-refractivity contribution in [2.45, 2.75) is 52.5 Å². The topological polar surface area (TPSA) is 61.8 Å². The zero-order valence-electron chi connectivity index (χ0n) is 14.2. The molecule has 1 N–H and O–H groups in total. The minimum absolute atomic E-state index is 0.195. The van der Waals surface area contributed by atoms with Crippen LogP contribution in [0, 0.1) is 11.8 Å². The molecule has 2 saturated heterocycles. The lowest BCUT2D eigenvalue weighted by atomic mass is 10.0. The van der Waals surface area contributed by atoms with E-state index < -0.39 is 9.84 Å². The van der Waals surface area contributed by atoms with Crippen LogP contribution in [0.1, 0.15) is 46.5 Å². The molecule has 128 valence electrons. The van der Waals surface area contributed by atoms with Gasteiger partial charge in [0.05, 0.1) is 11.5 Å². The highest BCUT2D eigenvalue weighted by molar-refractivity contribution is 7.91. The van der Waals surface area contributed by atoms with Gasteiger partial charge in [-0.3, -0.25) is 4.99 Å². The Kier molecular flexibility index (Phi) is 6.12. The Labute approximate surface area is 135 Å². The minimum Gasteiger partial charge on any atom is -0.354 e. The highest BCUT2D eigenvalue weighted by atomic mass is 32.2. The van der Waals surface area contributed by atoms with Crippen molar-refractivity contribution < 1.29 is 8.42 Å². The van der Waals surface area contributed by atoms with Crippen molar-refractivity contribution in [3.8, 4) is 0 Å². The van der Waals surface area contributed by atoms with E-state index in [1.165, 1.54) is 12.8 Å². The van der Waals surface area contributed by atoms with Gasteiger partial charge in [-0.15, -0.1) is 0 Å². The zero-order valence-corrected chi connectivity index (χ0v) is 15.0. The fourth-order valence-electron chi connectivity index (χ4n) is 3.17. The second kappa shape index (κ2) is 7.66. The van der Waals surface area contributed by atoms with Gasteiger partial charge in [0.25, 0.3) is 0 Å². The van der Waals surface area contributed by atoms with Gasteiger partial charge in [-0.25, -0.2) is 8.42 Å². The number of nitrogens with zero attached hydrogens (tertiary/aromatic N) is 2. The molecular formula is C16H31N3O2S. The van der Waals surface area contributed by atoms with E-state index in [0.717, 1.165) is 31.9 Å². The monoisotopic (exact) mass is 329 g/mol. The first kappa shape index (κ1) is 17.6. The number of aliphatic imine (C=N–C) groups is 1. The third-order valence-electron chi connectivity index (χ3n) is 4.77. The van der Waals surface area contributed by atoms with Gasteiger partial charge in [0, 0.05) is 25.7 Å². The van der Waals surface area contributed by atoms with Crippen LogP contribution in [0.2, 0.25) is 0 Å². The van der Waals surface area contributed by atoms with Crippen LogP contribution >= 0.6 is 0 Å². The van der Waals surface area contributed by atoms with E-state index in [0.29, 0.717) is 30.0 Å². The average Bonchev–Trinajstić information content (AvgIpc) is 2.82. The highest BCUT2D eigenvalue weighted by Gasteiger charge is 2.28. The summed E-state index contributed by atoms with van der Waals surface area (Å²) in [6.07, 6.45) is 4.31. The largest absolute Gasteiger partial charge is 0.354 e. The summed E-state index contributed by atoms with van der Waals surface area (Å²) in [4.78, 5) is 7.14. The van der Waals surface area contributed by atoms with E-state index >= 15 is 0 Å². The summed E-state index contributed by atoms with van der Waals surface area (Å²) in [6.45, 7) is 9.35. The summed E-state index contributed by atoms with van der Waals surface area (Å²) >= 11 is 0. The predicted molar refractivity (Wildman–Crippen MR) is 91.9 cm³/mol. The number of likely N-dealkylation sites (tertiary alicyclic amines) is 1. The first-order valence-corrected chi connectivity index (χ1v) is 10.5. The molecule has 3 unspecified atom stereocenters. The van der Waals surface area contributed by atoms with Crippen molar-refractivity contribution in [3.05, 3.63) is 0 Å². The number of hydrogen-bond donors (Lipinski definition) is 1. The average molecular weight is 330 g/mol. The second-order valence-electron chi connectivity index (χ2n) is 7.08. The molecule has 0 radical (unpaired) electrons. The lowest BCUT2D eigenvalue weighted by molar-refractivity contribution is 0.263. The molecule has 0 amide bonds. The first-order chi connectivity index (χ1) is 10.4. The third-order valence-corrected chi connectivity index (χ3v) is 6.61. The van der Waals surface area contributed by atoms with Crippen LogP contribution < -0.4 is 5.32 Å². The van der Waals surface area contributed by atoms with Crippen LogP contribution in [0.25, 0.3) is 0 Å². The van der Waals surface area contributed by atoms with E-state index in [9.17, 15) is 8.42 Å². The maximum absolute atomic E-state index is 11.6. The van der Waals surface area contributed by atoms with Crippen LogP contribution in [-0.4, -0.2) is 56.5 Å². The van der Waals surface area contributed by atoms with Crippen LogP contribution in [-0.2, 0) is 9.84 Å². The van der Waals surface area contributed by atoms with Gasteiger partial charge in [-0.05, 0) is 44.4 Å². The van der Waals surface area contributed by atoms with Crippen LogP contribution in [0.15, 0.2) is 4.99 Å². The Morgan fingerprint density at radius 1 is 1.41 bits per heavy atom. The molecule has 0 aromatic rings. The SMILES string of the molecule is CCC(C)NC(=NCC1CCS(=O)(=O)C1)N1CCCC(C)C1. The number of nitrogens with one attached hydrogen (secondary N) is 1. The maximum Gasteiger partial charge on any atom is 0.194 e. The molecule has 22 heavy (non-hydrogen) atoms. The Balaban J connectivity index is 2.01. The fraction of sp³-hybridized carbons (Fsp3) is 0.938. The summed E-state index contributed by atoms with van der Waals surface area (Å²) in [7, 11) is -2.81. The maximum atomic E-state index is 11.6. The number of rotatable bonds is 4. The van der Waals surface area contributed by atoms with Crippen molar-refractivity contribution in [1.29, 1.82) is 0 Å². The molecule has 0 saturated carbocycles. The Hall–Kier alpha value is -0.780. The number of guanidine groups is 1. The Bertz CT molecular complexity index is 490. The number of piperidine rings is 1. The molecule has 2 heterocycles. The second-order valence-corrected chi connectivity index (χ2v) is 9.31. The van der Waals surface area contributed by atoms with Crippen molar-refractivity contribution in [2.75, 3.05) is 31.1 Å². The number of hydrogen-bond acceptors (Lipinski definition) is 3. The predicted octanol–water partition coefficient (Wildman–Crippen LogP) is 1.90. The van der Waals surface area contributed by atoms with E-state index in [1.807, 2.05) is 0 Å². The van der Waals surface area contributed by atoms with Gasteiger partial charge in [0.15, 0.2) is 15.8 Å². The highest BCUT2D eigenvalue weighted by Crippen LogP contribution is 2.20. The standard InChI is InChI=1S/C16H31N3O2S/c1-4-14(3)18-16(19-8-5-6-13(2)11-19)17-10-15-7-9-22(20,21)12-15/h13-15H,4-12H2,1-3H3,(H,17,18). The summed E-state index contributed by atoms with van der Waals surface area (Å²) in [5.74, 6) is 2.52. The van der Waals surface area contributed by atoms with Crippen LogP contribution in [0.3, 0.4) is 0 Å². The van der Waals surface area contributed by atoms with E-state index in [4.69, 9.17) is 4.99 Å². The normalized spacial score (nSPS) is 30.3. The Morgan fingerprint density at radius 2 is 2.18 bits per heavy atom. The quantitative estimate of drug-likeness (QED) is 0.632. The summed E-state index contributed by atoms with van der Waals surface area (Å²) in [5, 5.41) is 3.53. The van der Waals surface area contributed by atoms with Gasteiger partial charge in [0.1, 0.15) is 0 Å². The fourth-order valence-corrected chi connectivity index (χ4v) is 5.02. The molecule has 0 bridgehead atoms. The molecule has 6 heteroatoms. The summed E-state index contributed by atoms with van der Waals surface area (Å²) in [5.41, 5.74) is 0. The van der Waals surface area contributed by atoms with Gasteiger partial charge >= 0.3 is 0 Å². The minimum atomic E-state index is -2.81. The molecule has 5 nitrogen and oxygen atoms in total. The Morgan fingerprint density at radius 3 is 2.77 bits per heavy atom. The van der Waals surface area contributed by atoms with Crippen LogP contribution in [0.5, 0.6) is 0 Å². The van der Waals surface area contributed by atoms with Gasteiger partial charge < -0.3 is 10.2 Å². The van der Waals surface area contributed by atoms with Crippen LogP contribution in [0.4, 0.5) is 0 Å². The van der Waals surface area contributed by atoms with E-state index in [2.05, 4.69) is 31.0 Å².